The highest BCUT2D eigenvalue weighted by molar-refractivity contribution is 14.1. The molecule has 124 valence electrons. The number of carbonyl (C=O) groups is 2. The molecule has 1 fully saturated rings. The number of carboxylic acid groups (broad SMARTS) is 1. The average molecular weight is 437 g/mol. The Balaban J connectivity index is 1.99. The molecule has 5 nitrogen and oxygen atoms in total. The minimum absolute atomic E-state index is 0.262. The van der Waals surface area contributed by atoms with Gasteiger partial charge in [-0.05, 0) is 47.2 Å². The summed E-state index contributed by atoms with van der Waals surface area (Å²) in [5, 5.41) is 9.72. The molecule has 2 unspecified atom stereocenters. The normalized spacial score (nSPS) is 23.2. The molecule has 1 aliphatic rings. The predicted molar refractivity (Wildman–Crippen MR) is 96.4 cm³/mol. The number of carbonyl (C=O) groups excluding carboxylic acids is 1. The molecule has 1 heterocycles. The van der Waals surface area contributed by atoms with Gasteiger partial charge < -0.3 is 9.84 Å². The number of nitrogens with zero attached hydrogens (tertiary/aromatic N) is 1. The lowest BCUT2D eigenvalue weighted by molar-refractivity contribution is -0.145. The third kappa shape index (κ3) is 2.98. The van der Waals surface area contributed by atoms with Crippen LogP contribution in [0.1, 0.15) is 24.3 Å². The van der Waals surface area contributed by atoms with Gasteiger partial charge in [0.2, 0.25) is 6.23 Å². The zero-order valence-corrected chi connectivity index (χ0v) is 15.1. The van der Waals surface area contributed by atoms with Crippen molar-refractivity contribution in [2.45, 2.75) is 25.1 Å². The first kappa shape index (κ1) is 16.8. The molecular weight excluding hydrogens is 421 g/mol. The van der Waals surface area contributed by atoms with E-state index < -0.39 is 23.8 Å². The highest BCUT2D eigenvalue weighted by Gasteiger charge is 2.55. The smallest absolute Gasteiger partial charge is 0.411 e. The van der Waals surface area contributed by atoms with E-state index in [-0.39, 0.29) is 6.42 Å². The number of amides is 1. The van der Waals surface area contributed by atoms with Crippen molar-refractivity contribution in [3.63, 3.8) is 0 Å². The van der Waals surface area contributed by atoms with Crippen LogP contribution in [0.15, 0.2) is 54.6 Å². The number of halogens is 1. The van der Waals surface area contributed by atoms with Gasteiger partial charge in [0, 0.05) is 15.6 Å². The summed E-state index contributed by atoms with van der Waals surface area (Å²) in [5.41, 5.74) is 0.262. The summed E-state index contributed by atoms with van der Waals surface area (Å²) < 4.78 is 6.47. The Morgan fingerprint density at radius 1 is 1.25 bits per heavy atom. The molecule has 1 amide bonds. The Morgan fingerprint density at radius 2 is 1.96 bits per heavy atom. The molecule has 1 N–H and O–H groups in total. The van der Waals surface area contributed by atoms with Crippen LogP contribution in [0.4, 0.5) is 4.79 Å². The third-order valence-corrected chi connectivity index (χ3v) is 4.82. The van der Waals surface area contributed by atoms with Gasteiger partial charge in [-0.3, -0.25) is 4.90 Å². The van der Waals surface area contributed by atoms with Crippen molar-refractivity contribution in [3.8, 4) is 0 Å². The van der Waals surface area contributed by atoms with Crippen molar-refractivity contribution in [1.82, 2.24) is 4.90 Å². The predicted octanol–water partition coefficient (Wildman–Crippen LogP) is 3.83. The summed E-state index contributed by atoms with van der Waals surface area (Å²) in [6.45, 7) is 1.62. The molecule has 2 aromatic carbocycles. The molecule has 0 bridgehead atoms. The van der Waals surface area contributed by atoms with Crippen LogP contribution in [0.5, 0.6) is 0 Å². The minimum atomic E-state index is -1.27. The van der Waals surface area contributed by atoms with Crippen LogP contribution in [0, 0.1) is 3.57 Å². The number of rotatable bonds is 3. The number of cyclic esters (lactones) is 1. The lowest BCUT2D eigenvalue weighted by atomic mass is 9.91. The maximum absolute atomic E-state index is 12.6. The highest BCUT2D eigenvalue weighted by Crippen LogP contribution is 2.40. The Kier molecular flexibility index (Phi) is 4.49. The van der Waals surface area contributed by atoms with E-state index in [2.05, 4.69) is 22.6 Å². The summed E-state index contributed by atoms with van der Waals surface area (Å²) in [5.74, 6) is -0.530. The van der Waals surface area contributed by atoms with Crippen LogP contribution in [-0.2, 0) is 16.0 Å². The maximum Gasteiger partial charge on any atom is 0.411 e. The maximum atomic E-state index is 12.6. The van der Waals surface area contributed by atoms with Gasteiger partial charge in [0.25, 0.3) is 0 Å². The monoisotopic (exact) mass is 437 g/mol. The summed E-state index contributed by atoms with van der Waals surface area (Å²) >= 11 is 2.19. The van der Waals surface area contributed by atoms with Gasteiger partial charge >= 0.3 is 12.1 Å². The summed E-state index contributed by atoms with van der Waals surface area (Å²) in [6.07, 6.45) is -1.84. The number of benzene rings is 2. The molecule has 2 atom stereocenters. The number of ether oxygens (including phenoxy) is 1. The van der Waals surface area contributed by atoms with Gasteiger partial charge in [-0.15, -0.1) is 0 Å². The van der Waals surface area contributed by atoms with Gasteiger partial charge in [-0.2, -0.15) is 0 Å². The molecule has 0 radical (unpaired) electrons. The first-order valence-corrected chi connectivity index (χ1v) is 8.52. The SMILES string of the molecule is CC1(Cc2cccc(I)c2)C(=O)OC(c2ccccc2)N1C(=O)O. The molecule has 1 aliphatic heterocycles. The van der Waals surface area contributed by atoms with E-state index >= 15 is 0 Å². The van der Waals surface area contributed by atoms with E-state index in [0.29, 0.717) is 5.56 Å². The fraction of sp³-hybridized carbons (Fsp3) is 0.222. The van der Waals surface area contributed by atoms with Gasteiger partial charge in [0.05, 0.1) is 0 Å². The molecule has 1 saturated heterocycles. The standard InChI is InChI=1S/C18H16INO4/c1-18(11-12-6-5-9-14(19)10-12)16(21)24-15(20(18)17(22)23)13-7-3-2-4-8-13/h2-10,15H,11H2,1H3,(H,22,23). The Bertz CT molecular complexity index is 780. The van der Waals surface area contributed by atoms with Gasteiger partial charge in [-0.25, -0.2) is 9.59 Å². The van der Waals surface area contributed by atoms with Gasteiger partial charge in [0.1, 0.15) is 5.54 Å². The second-order valence-corrected chi connectivity index (χ2v) is 7.15. The fourth-order valence-corrected chi connectivity index (χ4v) is 3.59. The molecule has 0 aliphatic carbocycles. The van der Waals surface area contributed by atoms with E-state index in [1.807, 2.05) is 30.3 Å². The van der Waals surface area contributed by atoms with Gasteiger partial charge in [-0.1, -0.05) is 42.5 Å². The quantitative estimate of drug-likeness (QED) is 0.586. The van der Waals surface area contributed by atoms with Crippen LogP contribution >= 0.6 is 22.6 Å². The van der Waals surface area contributed by atoms with Gasteiger partial charge in [0.15, 0.2) is 0 Å². The zero-order chi connectivity index (χ0) is 17.3. The number of hydrogen-bond donors (Lipinski definition) is 1. The van der Waals surface area contributed by atoms with Crippen LogP contribution in [-0.4, -0.2) is 27.6 Å². The van der Waals surface area contributed by atoms with Crippen molar-refractivity contribution in [2.75, 3.05) is 0 Å². The molecule has 0 aromatic heterocycles. The van der Waals surface area contributed by atoms with E-state index in [1.165, 1.54) is 0 Å². The lowest BCUT2D eigenvalue weighted by Crippen LogP contribution is -2.50. The van der Waals surface area contributed by atoms with Crippen LogP contribution < -0.4 is 0 Å². The average Bonchev–Trinajstić information content (AvgIpc) is 2.80. The topological polar surface area (TPSA) is 66.8 Å². The minimum Gasteiger partial charge on any atom is -0.465 e. The Hall–Kier alpha value is -2.09. The summed E-state index contributed by atoms with van der Waals surface area (Å²) in [4.78, 5) is 25.6. The molecular formula is C18H16INO4. The van der Waals surface area contributed by atoms with Crippen molar-refractivity contribution >= 4 is 34.7 Å². The molecule has 0 saturated carbocycles. The summed E-state index contributed by atoms with van der Waals surface area (Å²) in [6, 6.07) is 16.6. The summed E-state index contributed by atoms with van der Waals surface area (Å²) in [7, 11) is 0. The second-order valence-electron chi connectivity index (χ2n) is 5.90. The lowest BCUT2D eigenvalue weighted by Gasteiger charge is -2.31. The van der Waals surface area contributed by atoms with Crippen molar-refractivity contribution in [3.05, 3.63) is 69.3 Å². The fourth-order valence-electron chi connectivity index (χ4n) is 2.99. The van der Waals surface area contributed by atoms with E-state index in [1.54, 1.807) is 31.2 Å². The molecule has 24 heavy (non-hydrogen) atoms. The zero-order valence-electron chi connectivity index (χ0n) is 13.0. The van der Waals surface area contributed by atoms with Crippen molar-refractivity contribution < 1.29 is 19.4 Å². The second kappa shape index (κ2) is 6.43. The first-order valence-electron chi connectivity index (χ1n) is 7.44. The first-order chi connectivity index (χ1) is 11.4. The highest BCUT2D eigenvalue weighted by atomic mass is 127. The van der Waals surface area contributed by atoms with E-state index in [4.69, 9.17) is 4.74 Å². The molecule has 3 rings (SSSR count). The Labute approximate surface area is 153 Å². The molecule has 6 heteroatoms. The third-order valence-electron chi connectivity index (χ3n) is 4.15. The number of hydrogen-bond acceptors (Lipinski definition) is 3. The van der Waals surface area contributed by atoms with Crippen LogP contribution in [0.25, 0.3) is 0 Å². The number of esters is 1. The molecule has 0 spiro atoms. The van der Waals surface area contributed by atoms with E-state index in [0.717, 1.165) is 14.0 Å². The van der Waals surface area contributed by atoms with E-state index in [9.17, 15) is 14.7 Å². The van der Waals surface area contributed by atoms with Crippen molar-refractivity contribution in [1.29, 1.82) is 0 Å². The largest absolute Gasteiger partial charge is 0.465 e. The molecule has 2 aromatic rings. The van der Waals surface area contributed by atoms with Crippen LogP contribution in [0.2, 0.25) is 0 Å². The Morgan fingerprint density at radius 3 is 2.58 bits per heavy atom. The van der Waals surface area contributed by atoms with Crippen LogP contribution in [0.3, 0.4) is 0 Å². The van der Waals surface area contributed by atoms with Crippen molar-refractivity contribution in [2.24, 2.45) is 0 Å².